The maximum absolute atomic E-state index is 11.6. The van der Waals surface area contributed by atoms with E-state index in [0.29, 0.717) is 11.5 Å². The van der Waals surface area contributed by atoms with Gasteiger partial charge in [-0.15, -0.1) is 0 Å². The molecule has 1 heterocycles. The van der Waals surface area contributed by atoms with Crippen molar-refractivity contribution in [2.75, 3.05) is 0 Å². The van der Waals surface area contributed by atoms with Crippen molar-refractivity contribution in [3.8, 4) is 11.5 Å². The monoisotopic (exact) mass is 290 g/mol. The zero-order chi connectivity index (χ0) is 15.1. The Labute approximate surface area is 128 Å². The maximum atomic E-state index is 11.6. The highest BCUT2D eigenvalue weighted by Crippen LogP contribution is 2.47. The molecule has 3 heteroatoms. The van der Waals surface area contributed by atoms with E-state index < -0.39 is 0 Å². The predicted octanol–water partition coefficient (Wildman–Crippen LogP) is 3.56. The summed E-state index contributed by atoms with van der Waals surface area (Å²) in [6, 6.07) is 15.3. The van der Waals surface area contributed by atoms with E-state index in [1.54, 1.807) is 18.2 Å². The summed E-state index contributed by atoms with van der Waals surface area (Å²) >= 11 is 0. The summed E-state index contributed by atoms with van der Waals surface area (Å²) in [6.07, 6.45) is 5.04. The molecule has 0 amide bonds. The molecule has 0 fully saturated rings. The standard InChI is InChI=1S/C19H14O3/c20-13-6-8-15-17(10-13)22-18-11-14(21)7-9-16(18)19(15)12-4-2-1-3-5-12/h1-11,15,19,21H/t15-,19+/m0/s1. The van der Waals surface area contributed by atoms with E-state index in [0.717, 1.165) is 11.1 Å². The molecule has 4 rings (SSSR count). The molecular weight excluding hydrogens is 276 g/mol. The van der Waals surface area contributed by atoms with Crippen molar-refractivity contribution in [2.24, 2.45) is 5.92 Å². The summed E-state index contributed by atoms with van der Waals surface area (Å²) in [5.41, 5.74) is 2.18. The lowest BCUT2D eigenvalue weighted by molar-refractivity contribution is -0.110. The van der Waals surface area contributed by atoms with Crippen molar-refractivity contribution in [3.05, 3.63) is 83.6 Å². The molecule has 2 atom stereocenters. The maximum Gasteiger partial charge on any atom is 0.181 e. The van der Waals surface area contributed by atoms with Crippen LogP contribution in [0.1, 0.15) is 17.0 Å². The summed E-state index contributed by atoms with van der Waals surface area (Å²) in [5, 5.41) is 9.71. The number of ether oxygens (including phenoxy) is 1. The number of phenols is 1. The van der Waals surface area contributed by atoms with Gasteiger partial charge in [0.1, 0.15) is 17.3 Å². The van der Waals surface area contributed by atoms with Crippen LogP contribution in [-0.2, 0) is 4.79 Å². The van der Waals surface area contributed by atoms with Crippen LogP contribution in [0.5, 0.6) is 11.5 Å². The number of aromatic hydroxyl groups is 1. The number of phenolic OH excluding ortho intramolecular Hbond substituents is 1. The summed E-state index contributed by atoms with van der Waals surface area (Å²) < 4.78 is 5.87. The number of rotatable bonds is 1. The lowest BCUT2D eigenvalue weighted by Gasteiger charge is -2.35. The van der Waals surface area contributed by atoms with Crippen molar-refractivity contribution < 1.29 is 14.6 Å². The van der Waals surface area contributed by atoms with Gasteiger partial charge in [-0.25, -0.2) is 0 Å². The number of carbonyl (C=O) groups excluding carboxylic acids is 1. The number of fused-ring (bicyclic) bond motifs is 2. The van der Waals surface area contributed by atoms with Crippen molar-refractivity contribution in [2.45, 2.75) is 5.92 Å². The van der Waals surface area contributed by atoms with Crippen LogP contribution in [0.15, 0.2) is 72.5 Å². The van der Waals surface area contributed by atoms with Gasteiger partial charge < -0.3 is 9.84 Å². The number of allylic oxidation sites excluding steroid dienone is 3. The van der Waals surface area contributed by atoms with Gasteiger partial charge in [-0.05, 0) is 17.7 Å². The summed E-state index contributed by atoms with van der Waals surface area (Å²) in [5.74, 6) is 1.40. The van der Waals surface area contributed by atoms with Gasteiger partial charge in [-0.1, -0.05) is 42.5 Å². The van der Waals surface area contributed by atoms with E-state index in [4.69, 9.17) is 4.74 Å². The Balaban J connectivity index is 1.92. The normalized spacial score (nSPS) is 22.4. The van der Waals surface area contributed by atoms with E-state index >= 15 is 0 Å². The van der Waals surface area contributed by atoms with Crippen LogP contribution < -0.4 is 4.74 Å². The van der Waals surface area contributed by atoms with Gasteiger partial charge in [-0.3, -0.25) is 4.79 Å². The third kappa shape index (κ3) is 2.02. The second-order valence-corrected chi connectivity index (χ2v) is 5.55. The van der Waals surface area contributed by atoms with Crippen LogP contribution in [0.25, 0.3) is 0 Å². The number of benzene rings is 2. The van der Waals surface area contributed by atoms with Crippen LogP contribution in [0.4, 0.5) is 0 Å². The van der Waals surface area contributed by atoms with Crippen LogP contribution in [0.2, 0.25) is 0 Å². The van der Waals surface area contributed by atoms with Gasteiger partial charge in [0.25, 0.3) is 0 Å². The first-order chi connectivity index (χ1) is 10.7. The molecule has 0 bridgehead atoms. The van der Waals surface area contributed by atoms with E-state index in [-0.39, 0.29) is 23.4 Å². The first-order valence-corrected chi connectivity index (χ1v) is 7.22. The van der Waals surface area contributed by atoms with Gasteiger partial charge in [-0.2, -0.15) is 0 Å². The minimum absolute atomic E-state index is 0.00265. The molecule has 1 aliphatic heterocycles. The minimum Gasteiger partial charge on any atom is -0.508 e. The highest BCUT2D eigenvalue weighted by atomic mass is 16.5. The van der Waals surface area contributed by atoms with Gasteiger partial charge in [0.15, 0.2) is 5.78 Å². The fourth-order valence-electron chi connectivity index (χ4n) is 3.19. The molecule has 1 N–H and O–H groups in total. The van der Waals surface area contributed by atoms with Crippen molar-refractivity contribution >= 4 is 5.78 Å². The molecule has 1 aliphatic carbocycles. The number of hydrogen-bond donors (Lipinski definition) is 1. The zero-order valence-corrected chi connectivity index (χ0v) is 11.8. The molecule has 2 aliphatic rings. The van der Waals surface area contributed by atoms with Gasteiger partial charge in [0, 0.05) is 29.5 Å². The molecule has 2 aromatic rings. The molecule has 0 saturated heterocycles. The molecule has 0 aromatic heterocycles. The topological polar surface area (TPSA) is 46.5 Å². The van der Waals surface area contributed by atoms with Crippen LogP contribution in [-0.4, -0.2) is 10.9 Å². The lowest BCUT2D eigenvalue weighted by Crippen LogP contribution is -2.26. The second-order valence-electron chi connectivity index (χ2n) is 5.55. The second kappa shape index (κ2) is 4.88. The largest absolute Gasteiger partial charge is 0.508 e. The molecule has 0 saturated carbocycles. The zero-order valence-electron chi connectivity index (χ0n) is 11.8. The number of carbonyl (C=O) groups is 1. The molecule has 0 spiro atoms. The Morgan fingerprint density at radius 2 is 1.86 bits per heavy atom. The molecule has 0 unspecified atom stereocenters. The third-order valence-corrected chi connectivity index (χ3v) is 4.16. The molecule has 2 aromatic carbocycles. The Kier molecular flexibility index (Phi) is 2.86. The Morgan fingerprint density at radius 1 is 1.05 bits per heavy atom. The van der Waals surface area contributed by atoms with Crippen LogP contribution in [0.3, 0.4) is 0 Å². The fourth-order valence-corrected chi connectivity index (χ4v) is 3.19. The van der Waals surface area contributed by atoms with Crippen LogP contribution in [0, 0.1) is 5.92 Å². The van der Waals surface area contributed by atoms with Gasteiger partial charge in [0.2, 0.25) is 0 Å². The van der Waals surface area contributed by atoms with E-state index in [1.165, 1.54) is 6.08 Å². The molecule has 22 heavy (non-hydrogen) atoms. The third-order valence-electron chi connectivity index (χ3n) is 4.16. The van der Waals surface area contributed by atoms with E-state index in [1.807, 2.05) is 30.3 Å². The number of ketones is 1. The van der Waals surface area contributed by atoms with E-state index in [9.17, 15) is 9.90 Å². The number of hydrogen-bond acceptors (Lipinski definition) is 3. The first kappa shape index (κ1) is 12.9. The fraction of sp³-hybridized carbons (Fsp3) is 0.105. The quantitative estimate of drug-likeness (QED) is 0.873. The Hall–Kier alpha value is -2.81. The lowest BCUT2D eigenvalue weighted by atomic mass is 9.76. The van der Waals surface area contributed by atoms with E-state index in [2.05, 4.69) is 12.1 Å². The molecular formula is C19H14O3. The average Bonchev–Trinajstić information content (AvgIpc) is 2.53. The van der Waals surface area contributed by atoms with Crippen molar-refractivity contribution in [3.63, 3.8) is 0 Å². The van der Waals surface area contributed by atoms with Gasteiger partial charge in [0.05, 0.1) is 0 Å². The Morgan fingerprint density at radius 3 is 2.68 bits per heavy atom. The smallest absolute Gasteiger partial charge is 0.181 e. The highest BCUT2D eigenvalue weighted by Gasteiger charge is 2.36. The predicted molar refractivity (Wildman–Crippen MR) is 82.7 cm³/mol. The van der Waals surface area contributed by atoms with Crippen molar-refractivity contribution in [1.29, 1.82) is 0 Å². The summed E-state index contributed by atoms with van der Waals surface area (Å²) in [4.78, 5) is 11.6. The average molecular weight is 290 g/mol. The highest BCUT2D eigenvalue weighted by molar-refractivity contribution is 6.00. The Bertz CT molecular complexity index is 803. The first-order valence-electron chi connectivity index (χ1n) is 7.22. The van der Waals surface area contributed by atoms with Gasteiger partial charge >= 0.3 is 0 Å². The SMILES string of the molecule is O=C1C=C[C@H]2C(=C1)Oc1cc(O)ccc1[C@@H]2c1ccccc1. The molecule has 0 radical (unpaired) electrons. The molecule has 3 nitrogen and oxygen atoms in total. The van der Waals surface area contributed by atoms with Crippen molar-refractivity contribution in [1.82, 2.24) is 0 Å². The minimum atomic E-state index is -0.0679. The summed E-state index contributed by atoms with van der Waals surface area (Å²) in [7, 11) is 0. The molecule has 108 valence electrons. The summed E-state index contributed by atoms with van der Waals surface area (Å²) in [6.45, 7) is 0. The van der Waals surface area contributed by atoms with Crippen LogP contribution >= 0.6 is 0 Å².